The molecule has 0 aromatic heterocycles. The lowest BCUT2D eigenvalue weighted by molar-refractivity contribution is -0.180. The number of benzene rings is 5. The lowest BCUT2D eigenvalue weighted by Crippen LogP contribution is -2.69. The molecule has 8 nitrogen and oxygen atoms in total. The average molecular weight is 1510 g/mol. The summed E-state index contributed by atoms with van der Waals surface area (Å²) in [5, 5.41) is 0. The molecule has 0 bridgehead atoms. The van der Waals surface area contributed by atoms with Crippen molar-refractivity contribution in [2.75, 3.05) is 14.2 Å². The first-order chi connectivity index (χ1) is 54.2. The summed E-state index contributed by atoms with van der Waals surface area (Å²) in [6, 6.07) is 44.1. The van der Waals surface area contributed by atoms with Crippen LogP contribution < -0.4 is 9.47 Å². The zero-order chi connectivity index (χ0) is 77.7. The predicted molar refractivity (Wildman–Crippen MR) is 453 cm³/mol. The van der Waals surface area contributed by atoms with Gasteiger partial charge in [-0.05, 0) is 259 Å². The van der Waals surface area contributed by atoms with E-state index < -0.39 is 32.5 Å². The molecule has 9 saturated carbocycles. The van der Waals surface area contributed by atoms with Gasteiger partial charge in [0.25, 0.3) is 0 Å². The van der Waals surface area contributed by atoms with Gasteiger partial charge in [0.2, 0.25) is 0 Å². The minimum absolute atomic E-state index is 0.112. The molecular weight excluding hydrogens is 1370 g/mol. The highest BCUT2D eigenvalue weighted by Gasteiger charge is 2.74. The van der Waals surface area contributed by atoms with Crippen LogP contribution in [0.4, 0.5) is 0 Å². The predicted octanol–water partition coefficient (Wildman–Crippen LogP) is 26.8. The van der Waals surface area contributed by atoms with Crippen molar-refractivity contribution < 1.29 is 38.2 Å². The van der Waals surface area contributed by atoms with E-state index in [0.717, 1.165) is 146 Å². The molecule has 8 heteroatoms. The molecule has 602 valence electrons. The third-order valence-corrected chi connectivity index (χ3v) is 30.3. The van der Waals surface area contributed by atoms with Crippen LogP contribution in [0.1, 0.15) is 403 Å². The Labute approximate surface area is 670 Å². The summed E-state index contributed by atoms with van der Waals surface area (Å²) in [5.41, 5.74) is 6.96. The SMILES string of the molecule is CCCCCCCCCCc1ccc(C2CCC3(CC2)C(=O)C2(CCC(c4ccc(CCCCCCCCCC)cc4)CC2)C3=O)cc1.CCCCCCCCCc1ccc(C2CCCCC23C(=O)C2(CCCCC2)C3=O)cc1.COc1ccc(C2CCC3(CC2)C(=O)C2(CCC(c4ccc(OC)cc4)CC2)C3=O)cc1. The van der Waals surface area contributed by atoms with E-state index in [0.29, 0.717) is 72.5 Å². The van der Waals surface area contributed by atoms with Gasteiger partial charge in [0.1, 0.15) is 11.5 Å². The van der Waals surface area contributed by atoms with Gasteiger partial charge >= 0.3 is 0 Å². The minimum atomic E-state index is -0.685. The van der Waals surface area contributed by atoms with Crippen molar-refractivity contribution in [3.63, 3.8) is 0 Å². The fourth-order valence-electron chi connectivity index (χ4n) is 23.3. The third kappa shape index (κ3) is 18.5. The van der Waals surface area contributed by atoms with Crippen molar-refractivity contribution in [2.45, 2.75) is 378 Å². The maximum Gasteiger partial charge on any atom is 0.160 e. The van der Waals surface area contributed by atoms with Crippen molar-refractivity contribution in [1.29, 1.82) is 0 Å². The van der Waals surface area contributed by atoms with E-state index in [1.54, 1.807) is 14.2 Å². The van der Waals surface area contributed by atoms with Gasteiger partial charge in [0.15, 0.2) is 34.7 Å². The van der Waals surface area contributed by atoms with E-state index in [4.69, 9.17) is 9.47 Å². The largest absolute Gasteiger partial charge is 0.497 e. The number of hydrogen-bond donors (Lipinski definition) is 0. The molecule has 6 spiro atoms. The smallest absolute Gasteiger partial charge is 0.160 e. The zero-order valence-electron chi connectivity index (χ0n) is 69.8. The number of rotatable bonds is 33. The Morgan fingerprint density at radius 3 is 0.775 bits per heavy atom. The van der Waals surface area contributed by atoms with Crippen LogP contribution in [-0.4, -0.2) is 48.9 Å². The molecule has 0 amide bonds. The second-order valence-corrected chi connectivity index (χ2v) is 36.9. The topological polar surface area (TPSA) is 121 Å². The summed E-state index contributed by atoms with van der Waals surface area (Å²) in [5.74, 6) is 5.45. The lowest BCUT2D eigenvalue weighted by Gasteiger charge is -2.58. The van der Waals surface area contributed by atoms with Gasteiger partial charge in [0.05, 0.1) is 46.7 Å². The van der Waals surface area contributed by atoms with Crippen molar-refractivity contribution in [2.24, 2.45) is 32.5 Å². The fourth-order valence-corrected chi connectivity index (χ4v) is 23.3. The molecule has 5 aromatic rings. The van der Waals surface area contributed by atoms with E-state index in [2.05, 4.69) is 118 Å². The Bertz CT molecular complexity index is 3530. The number of carbonyl (C=O) groups is 6. The van der Waals surface area contributed by atoms with Crippen LogP contribution in [0.3, 0.4) is 0 Å². The summed E-state index contributed by atoms with van der Waals surface area (Å²) in [7, 11) is 3.35. The fraction of sp³-hybridized carbons (Fsp3) is 0.650. The van der Waals surface area contributed by atoms with Crippen LogP contribution in [0.15, 0.2) is 121 Å². The third-order valence-electron chi connectivity index (χ3n) is 30.3. The van der Waals surface area contributed by atoms with Crippen LogP contribution in [0, 0.1) is 32.5 Å². The minimum Gasteiger partial charge on any atom is -0.497 e. The van der Waals surface area contributed by atoms with E-state index >= 15 is 0 Å². The molecule has 0 aliphatic heterocycles. The Kier molecular flexibility index (Phi) is 30.2. The number of Topliss-reactive ketones (excluding diaryl/α,β-unsaturated/α-hetero) is 6. The maximum atomic E-state index is 13.9. The van der Waals surface area contributed by atoms with Crippen LogP contribution >= 0.6 is 0 Å². The van der Waals surface area contributed by atoms with Crippen molar-refractivity contribution in [3.05, 3.63) is 166 Å². The Morgan fingerprint density at radius 2 is 0.495 bits per heavy atom. The quantitative estimate of drug-likeness (QED) is 0.0301. The van der Waals surface area contributed by atoms with Gasteiger partial charge in [-0.1, -0.05) is 278 Å². The van der Waals surface area contributed by atoms with Crippen LogP contribution in [-0.2, 0) is 48.0 Å². The number of ketones is 6. The number of carbonyl (C=O) groups excluding carboxylic acids is 6. The highest BCUT2D eigenvalue weighted by Crippen LogP contribution is 2.67. The number of methoxy groups -OCH3 is 2. The summed E-state index contributed by atoms with van der Waals surface area (Å²) in [6.45, 7) is 6.83. The second-order valence-electron chi connectivity index (χ2n) is 36.9. The molecule has 111 heavy (non-hydrogen) atoms. The molecule has 1 unspecified atom stereocenters. The molecule has 1 atom stereocenters. The first-order valence-corrected chi connectivity index (χ1v) is 46.0. The highest BCUT2D eigenvalue weighted by molar-refractivity contribution is 6.32. The van der Waals surface area contributed by atoms with E-state index in [1.165, 1.54) is 211 Å². The average Bonchev–Trinajstić information content (AvgIpc) is 0.700. The molecule has 9 aliphatic rings. The zero-order valence-corrected chi connectivity index (χ0v) is 69.8. The van der Waals surface area contributed by atoms with Crippen LogP contribution in [0.25, 0.3) is 0 Å². The number of ether oxygens (including phenoxy) is 2. The van der Waals surface area contributed by atoms with Gasteiger partial charge in [-0.3, -0.25) is 28.8 Å². The summed E-state index contributed by atoms with van der Waals surface area (Å²) < 4.78 is 10.5. The normalized spacial score (nSPS) is 27.1. The van der Waals surface area contributed by atoms with E-state index in [-0.39, 0.29) is 17.5 Å². The maximum absolute atomic E-state index is 13.9. The van der Waals surface area contributed by atoms with E-state index in [1.807, 2.05) is 24.3 Å². The molecule has 0 saturated heterocycles. The molecule has 14 rings (SSSR count). The van der Waals surface area contributed by atoms with Crippen molar-refractivity contribution in [3.8, 4) is 11.5 Å². The van der Waals surface area contributed by atoms with Gasteiger partial charge in [-0.2, -0.15) is 0 Å². The van der Waals surface area contributed by atoms with Crippen LogP contribution in [0.2, 0.25) is 0 Å². The Hall–Kier alpha value is -6.28. The summed E-state index contributed by atoms with van der Waals surface area (Å²) >= 11 is 0. The van der Waals surface area contributed by atoms with Gasteiger partial charge in [-0.25, -0.2) is 0 Å². The highest BCUT2D eigenvalue weighted by atomic mass is 16.5. The Balaban J connectivity index is 0.000000160. The molecular formula is C103H142O8. The molecule has 5 aromatic carbocycles. The van der Waals surface area contributed by atoms with Crippen LogP contribution in [0.5, 0.6) is 11.5 Å². The van der Waals surface area contributed by atoms with Gasteiger partial charge < -0.3 is 9.47 Å². The number of unbranched alkanes of at least 4 members (excludes halogenated alkanes) is 20. The summed E-state index contributed by atoms with van der Waals surface area (Å²) in [6.07, 6.45) is 57.0. The first-order valence-electron chi connectivity index (χ1n) is 46.0. The van der Waals surface area contributed by atoms with Crippen molar-refractivity contribution >= 4 is 34.7 Å². The van der Waals surface area contributed by atoms with E-state index in [9.17, 15) is 28.8 Å². The van der Waals surface area contributed by atoms with Gasteiger partial charge in [-0.15, -0.1) is 0 Å². The lowest BCUT2D eigenvalue weighted by atomic mass is 9.40. The Morgan fingerprint density at radius 1 is 0.252 bits per heavy atom. The molecule has 9 fully saturated rings. The first kappa shape index (κ1) is 84.1. The number of aryl methyl sites for hydroxylation is 3. The van der Waals surface area contributed by atoms with Crippen molar-refractivity contribution in [1.82, 2.24) is 0 Å². The van der Waals surface area contributed by atoms with Gasteiger partial charge in [0, 0.05) is 5.92 Å². The molecule has 0 N–H and O–H groups in total. The summed E-state index contributed by atoms with van der Waals surface area (Å²) in [4.78, 5) is 82.1. The molecule has 9 aliphatic carbocycles. The monoisotopic (exact) mass is 1510 g/mol. The number of hydrogen-bond acceptors (Lipinski definition) is 8. The second kappa shape index (κ2) is 39.8. The standard InChI is InChI=1S/C46H68O2.C29H42O2.C28H32O4/c1-3-5-7-9-11-13-15-17-19-37-21-25-39(26-22-37)41-29-33-45(34-30-41)43(47)46(44(45)48)35-31-42(32-36-46)40-27-23-38(24-28-40)20-18-16-14-12-10-8-6-4-2;1-2-3-4-5-6-7-9-14-23-16-18-24(19-17-23)25-15-10-13-22-29(25)26(30)28(27(29)31)20-11-8-12-21-28;1-31-23-7-3-19(4-8-23)21-11-15-27(16-12-21)25(29)28(26(27)30)17-13-22(14-18-28)20-5-9-24(32-2)10-6-20/h21-28,41-42H,3-20,29-36H2,1-2H3;16-19,25H,2-15,20-22H2,1H3;3-10,21-22H,11-18H2,1-2H3. The molecule has 0 radical (unpaired) electrons. The molecule has 0 heterocycles.